The molecule has 0 N–H and O–H groups in total. The van der Waals surface area contributed by atoms with Crippen LogP contribution >= 0.6 is 23.2 Å². The van der Waals surface area contributed by atoms with Crippen LogP contribution in [0.15, 0.2) is 11.0 Å². The highest BCUT2D eigenvalue weighted by atomic mass is 35.5. The molecule has 0 radical (unpaired) electrons. The third-order valence-electron chi connectivity index (χ3n) is 1.42. The van der Waals surface area contributed by atoms with Crippen molar-refractivity contribution in [1.29, 1.82) is 5.26 Å². The highest BCUT2D eigenvalue weighted by molar-refractivity contribution is 7.90. The molecule has 14 heavy (non-hydrogen) atoms. The van der Waals surface area contributed by atoms with Gasteiger partial charge in [0.2, 0.25) is 0 Å². The molecule has 0 spiro atoms. The van der Waals surface area contributed by atoms with Crippen molar-refractivity contribution >= 4 is 33.0 Å². The van der Waals surface area contributed by atoms with Crippen molar-refractivity contribution in [2.24, 2.45) is 0 Å². The Hall–Kier alpha value is -0.830. The molecule has 1 aromatic rings. The second-order valence-electron chi connectivity index (χ2n) is 2.49. The fourth-order valence-corrected chi connectivity index (χ4v) is 2.29. The maximum absolute atomic E-state index is 11.2. The quantitative estimate of drug-likeness (QED) is 0.711. The van der Waals surface area contributed by atoms with Crippen molar-refractivity contribution in [3.05, 3.63) is 21.9 Å². The Labute approximate surface area is 91.0 Å². The van der Waals surface area contributed by atoms with E-state index in [4.69, 9.17) is 28.5 Å². The van der Waals surface area contributed by atoms with E-state index in [9.17, 15) is 8.42 Å². The summed E-state index contributed by atoms with van der Waals surface area (Å²) >= 11 is 11.1. The molecule has 0 aromatic carbocycles. The normalized spacial score (nSPS) is 11.0. The Bertz CT molecular complexity index is 519. The maximum atomic E-state index is 11.2. The molecule has 1 aromatic heterocycles. The fourth-order valence-electron chi connectivity index (χ4n) is 0.858. The Morgan fingerprint density at radius 3 is 2.50 bits per heavy atom. The number of hydrogen-bond acceptors (Lipinski definition) is 4. The number of hydrogen-bond donors (Lipinski definition) is 0. The van der Waals surface area contributed by atoms with Crippen LogP contribution in [0.2, 0.25) is 10.3 Å². The van der Waals surface area contributed by atoms with Gasteiger partial charge in [-0.3, -0.25) is 0 Å². The topological polar surface area (TPSA) is 70.8 Å². The Kier molecular flexibility index (Phi) is 3.00. The van der Waals surface area contributed by atoms with Crippen LogP contribution in [-0.2, 0) is 9.84 Å². The molecular weight excluding hydrogens is 247 g/mol. The molecule has 0 bridgehead atoms. The Morgan fingerprint density at radius 1 is 1.50 bits per heavy atom. The van der Waals surface area contributed by atoms with Crippen molar-refractivity contribution in [2.75, 3.05) is 6.26 Å². The molecule has 0 aliphatic carbocycles. The van der Waals surface area contributed by atoms with Crippen LogP contribution in [0, 0.1) is 11.3 Å². The largest absolute Gasteiger partial charge is 0.224 e. The first-order valence-electron chi connectivity index (χ1n) is 3.32. The molecule has 0 saturated carbocycles. The molecule has 0 aliphatic heterocycles. The highest BCUT2D eigenvalue weighted by Crippen LogP contribution is 2.24. The van der Waals surface area contributed by atoms with E-state index < -0.39 is 9.84 Å². The predicted octanol–water partition coefficient (Wildman–Crippen LogP) is 1.66. The molecule has 0 saturated heterocycles. The Morgan fingerprint density at radius 2 is 2.07 bits per heavy atom. The lowest BCUT2D eigenvalue weighted by molar-refractivity contribution is 0.601. The van der Waals surface area contributed by atoms with Gasteiger partial charge in [0.05, 0.1) is 4.90 Å². The minimum absolute atomic E-state index is 0.0607. The summed E-state index contributed by atoms with van der Waals surface area (Å²) < 4.78 is 22.4. The number of rotatable bonds is 1. The summed E-state index contributed by atoms with van der Waals surface area (Å²) in [5, 5.41) is 8.40. The van der Waals surface area contributed by atoms with E-state index in [1.165, 1.54) is 0 Å². The van der Waals surface area contributed by atoms with Gasteiger partial charge in [0, 0.05) is 6.26 Å². The smallest absolute Gasteiger partial charge is 0.177 e. The van der Waals surface area contributed by atoms with Crippen LogP contribution in [0.3, 0.4) is 0 Å². The second-order valence-corrected chi connectivity index (χ2v) is 5.22. The summed E-state index contributed by atoms with van der Waals surface area (Å²) in [5.74, 6) is 0. The standard InChI is InChI=1S/C7H4Cl2N2O2S/c1-14(12,13)5-2-6(8)11-7(9)4(5)3-10/h2H,1H3. The average molecular weight is 251 g/mol. The summed E-state index contributed by atoms with van der Waals surface area (Å²) in [6, 6.07) is 2.76. The van der Waals surface area contributed by atoms with Gasteiger partial charge < -0.3 is 0 Å². The van der Waals surface area contributed by atoms with Crippen molar-refractivity contribution in [1.82, 2.24) is 4.98 Å². The molecule has 4 nitrogen and oxygen atoms in total. The van der Waals surface area contributed by atoms with Crippen molar-refractivity contribution < 1.29 is 8.42 Å². The fraction of sp³-hybridized carbons (Fsp3) is 0.143. The molecule has 74 valence electrons. The maximum Gasteiger partial charge on any atom is 0.177 e. The lowest BCUT2D eigenvalue weighted by Gasteiger charge is -2.02. The van der Waals surface area contributed by atoms with Gasteiger partial charge in [0.15, 0.2) is 9.84 Å². The van der Waals surface area contributed by atoms with Crippen LogP contribution in [0.5, 0.6) is 0 Å². The van der Waals surface area contributed by atoms with Crippen LogP contribution in [0.4, 0.5) is 0 Å². The number of nitrogens with zero attached hydrogens (tertiary/aromatic N) is 2. The number of halogens is 2. The molecule has 0 atom stereocenters. The molecule has 1 heterocycles. The van der Waals surface area contributed by atoms with E-state index in [-0.39, 0.29) is 20.8 Å². The van der Waals surface area contributed by atoms with Gasteiger partial charge in [-0.25, -0.2) is 13.4 Å². The average Bonchev–Trinajstić information content (AvgIpc) is 2.01. The molecule has 1 rings (SSSR count). The van der Waals surface area contributed by atoms with Crippen LogP contribution < -0.4 is 0 Å². The summed E-state index contributed by atoms with van der Waals surface area (Å²) in [7, 11) is -3.52. The predicted molar refractivity (Wildman–Crippen MR) is 52.1 cm³/mol. The van der Waals surface area contributed by atoms with E-state index in [1.54, 1.807) is 6.07 Å². The number of nitriles is 1. The third-order valence-corrected chi connectivity index (χ3v) is 3.01. The van der Waals surface area contributed by atoms with Gasteiger partial charge in [-0.15, -0.1) is 0 Å². The Balaban J connectivity index is 3.68. The van der Waals surface area contributed by atoms with Crippen molar-refractivity contribution in [3.63, 3.8) is 0 Å². The monoisotopic (exact) mass is 250 g/mol. The molecule has 7 heteroatoms. The first kappa shape index (κ1) is 11.2. The minimum atomic E-state index is -3.52. The van der Waals surface area contributed by atoms with Gasteiger partial charge in [-0.1, -0.05) is 23.2 Å². The number of sulfone groups is 1. The van der Waals surface area contributed by atoms with E-state index >= 15 is 0 Å². The van der Waals surface area contributed by atoms with Gasteiger partial charge in [-0.05, 0) is 6.07 Å². The second kappa shape index (κ2) is 3.73. The number of aromatic nitrogens is 1. The number of pyridine rings is 1. The lowest BCUT2D eigenvalue weighted by Crippen LogP contribution is -2.02. The van der Waals surface area contributed by atoms with E-state index in [0.717, 1.165) is 12.3 Å². The highest BCUT2D eigenvalue weighted by Gasteiger charge is 2.18. The molecule has 0 fully saturated rings. The SMILES string of the molecule is CS(=O)(=O)c1cc(Cl)nc(Cl)c1C#N. The summed E-state index contributed by atoms with van der Waals surface area (Å²) in [4.78, 5) is 3.36. The minimum Gasteiger partial charge on any atom is -0.224 e. The zero-order valence-electron chi connectivity index (χ0n) is 6.95. The first-order valence-corrected chi connectivity index (χ1v) is 5.97. The van der Waals surface area contributed by atoms with Crippen molar-refractivity contribution in [3.8, 4) is 6.07 Å². The molecule has 0 amide bonds. The van der Waals surface area contributed by atoms with Gasteiger partial charge in [-0.2, -0.15) is 5.26 Å². The summed E-state index contributed by atoms with van der Waals surface area (Å²) in [5.41, 5.74) is -0.182. The lowest BCUT2D eigenvalue weighted by atomic mass is 10.3. The molecule has 0 unspecified atom stereocenters. The van der Waals surface area contributed by atoms with E-state index in [1.807, 2.05) is 0 Å². The van der Waals surface area contributed by atoms with Gasteiger partial charge in [0.1, 0.15) is 21.9 Å². The molecular formula is C7H4Cl2N2O2S. The van der Waals surface area contributed by atoms with Crippen molar-refractivity contribution in [2.45, 2.75) is 4.90 Å². The summed E-state index contributed by atoms with van der Waals surface area (Å²) in [6.07, 6.45) is 0.968. The molecule has 0 aliphatic rings. The van der Waals surface area contributed by atoms with Gasteiger partial charge in [0.25, 0.3) is 0 Å². The zero-order valence-corrected chi connectivity index (χ0v) is 9.28. The first-order chi connectivity index (χ1) is 6.36. The van der Waals surface area contributed by atoms with Gasteiger partial charge >= 0.3 is 0 Å². The van der Waals surface area contributed by atoms with Crippen LogP contribution in [-0.4, -0.2) is 19.7 Å². The third kappa shape index (κ3) is 2.15. The van der Waals surface area contributed by atoms with Crippen LogP contribution in [0.1, 0.15) is 5.56 Å². The summed E-state index contributed by atoms with van der Waals surface area (Å²) in [6.45, 7) is 0. The van der Waals surface area contributed by atoms with Crippen LogP contribution in [0.25, 0.3) is 0 Å². The van der Waals surface area contributed by atoms with E-state index in [2.05, 4.69) is 4.98 Å². The zero-order chi connectivity index (χ0) is 10.9. The van der Waals surface area contributed by atoms with E-state index in [0.29, 0.717) is 0 Å².